The van der Waals surface area contributed by atoms with Crippen molar-refractivity contribution in [1.29, 1.82) is 0 Å². The molecule has 0 spiro atoms. The number of nitrogens with one attached hydrogen (secondary N) is 2. The second-order valence-corrected chi connectivity index (χ2v) is 9.70. The summed E-state index contributed by atoms with van der Waals surface area (Å²) in [6.07, 6.45) is 0.454. The second kappa shape index (κ2) is 8.26. The van der Waals surface area contributed by atoms with Crippen LogP contribution in [0.1, 0.15) is 25.3 Å². The number of aliphatic hydroxyl groups excluding tert-OH is 1. The quantitative estimate of drug-likeness (QED) is 0.633. The van der Waals surface area contributed by atoms with Gasteiger partial charge in [-0.25, -0.2) is 12.7 Å². The van der Waals surface area contributed by atoms with Crippen LogP contribution >= 0.6 is 0 Å². The number of hydrogen-bond donors (Lipinski definition) is 3. The molecule has 150 valence electrons. The fourth-order valence-electron chi connectivity index (χ4n) is 4.05. The average molecular weight is 396 g/mol. The zero-order valence-corrected chi connectivity index (χ0v) is 16.5. The Morgan fingerprint density at radius 1 is 1.26 bits per heavy atom. The number of benzene rings is 1. The number of β-amino-alcohol motifs (C(OH)–C–C–N with tert-alkyl or cyclic N) is 1. The number of carbonyl (C=O) groups is 1. The highest BCUT2D eigenvalue weighted by Gasteiger charge is 2.44. The molecule has 2 fully saturated rings. The molecule has 3 N–H and O–H groups in total. The number of aliphatic hydroxyl groups is 1. The first-order valence-electron chi connectivity index (χ1n) is 9.59. The van der Waals surface area contributed by atoms with Crippen molar-refractivity contribution in [2.75, 3.05) is 38.5 Å². The van der Waals surface area contributed by atoms with Crippen LogP contribution in [0.3, 0.4) is 0 Å². The summed E-state index contributed by atoms with van der Waals surface area (Å²) in [5, 5.41) is 16.1. The molecule has 2 aliphatic rings. The summed E-state index contributed by atoms with van der Waals surface area (Å²) in [6.45, 7) is 3.97. The Morgan fingerprint density at radius 3 is 2.48 bits per heavy atom. The fraction of sp³-hybridized carbons (Fsp3) is 0.632. The molecule has 1 amide bonds. The van der Waals surface area contributed by atoms with Gasteiger partial charge < -0.3 is 15.7 Å². The van der Waals surface area contributed by atoms with Crippen molar-refractivity contribution >= 4 is 15.9 Å². The maximum absolute atomic E-state index is 13.2. The number of hydrogen-bond acceptors (Lipinski definition) is 5. The molecule has 0 aliphatic carbocycles. The number of piperidine rings is 1. The molecule has 7 nitrogen and oxygen atoms in total. The predicted octanol–water partition coefficient (Wildman–Crippen LogP) is 0.0664. The minimum Gasteiger partial charge on any atom is -0.391 e. The van der Waals surface area contributed by atoms with E-state index in [-0.39, 0.29) is 17.6 Å². The van der Waals surface area contributed by atoms with E-state index in [1.807, 2.05) is 30.3 Å². The van der Waals surface area contributed by atoms with E-state index in [0.717, 1.165) is 5.56 Å². The third kappa shape index (κ3) is 4.18. The van der Waals surface area contributed by atoms with Crippen LogP contribution in [0.2, 0.25) is 0 Å². The number of carbonyl (C=O) groups excluding carboxylic acids is 1. The Balaban J connectivity index is 1.77. The van der Waals surface area contributed by atoms with Crippen LogP contribution < -0.4 is 10.6 Å². The molecule has 3 rings (SSSR count). The second-order valence-electron chi connectivity index (χ2n) is 7.44. The first-order chi connectivity index (χ1) is 12.9. The highest BCUT2D eigenvalue weighted by atomic mass is 32.2. The van der Waals surface area contributed by atoms with Gasteiger partial charge in [-0.3, -0.25) is 4.79 Å². The summed E-state index contributed by atoms with van der Waals surface area (Å²) in [7, 11) is -3.25. The third-order valence-electron chi connectivity index (χ3n) is 5.92. The van der Waals surface area contributed by atoms with Crippen molar-refractivity contribution in [2.24, 2.45) is 5.92 Å². The average Bonchev–Trinajstić information content (AvgIpc) is 3.11. The normalized spacial score (nSPS) is 26.0. The predicted molar refractivity (Wildman–Crippen MR) is 104 cm³/mol. The van der Waals surface area contributed by atoms with Crippen molar-refractivity contribution in [3.05, 3.63) is 35.9 Å². The summed E-state index contributed by atoms with van der Waals surface area (Å²) in [5.41, 5.74) is 0.180. The maximum atomic E-state index is 13.2. The van der Waals surface area contributed by atoms with Gasteiger partial charge in [0.25, 0.3) is 0 Å². The van der Waals surface area contributed by atoms with Gasteiger partial charge in [0.15, 0.2) is 0 Å². The Kier molecular flexibility index (Phi) is 6.20. The minimum absolute atomic E-state index is 0.00216. The highest BCUT2D eigenvalue weighted by Crippen LogP contribution is 2.36. The van der Waals surface area contributed by atoms with Crippen LogP contribution in [0.15, 0.2) is 30.3 Å². The molecule has 27 heavy (non-hydrogen) atoms. The fourth-order valence-corrected chi connectivity index (χ4v) is 5.16. The first kappa shape index (κ1) is 20.3. The molecular weight excluding hydrogens is 366 g/mol. The van der Waals surface area contributed by atoms with Gasteiger partial charge in [0.2, 0.25) is 15.9 Å². The molecule has 1 aromatic carbocycles. The van der Waals surface area contributed by atoms with Crippen LogP contribution in [-0.4, -0.2) is 68.3 Å². The largest absolute Gasteiger partial charge is 0.391 e. The van der Waals surface area contributed by atoms with E-state index in [0.29, 0.717) is 45.6 Å². The van der Waals surface area contributed by atoms with E-state index in [1.165, 1.54) is 4.31 Å². The van der Waals surface area contributed by atoms with Gasteiger partial charge in [0, 0.05) is 38.6 Å². The topological polar surface area (TPSA) is 98.7 Å². The lowest BCUT2D eigenvalue weighted by Crippen LogP contribution is -2.53. The molecule has 0 saturated carbocycles. The third-order valence-corrected chi connectivity index (χ3v) is 7.81. The van der Waals surface area contributed by atoms with Gasteiger partial charge >= 0.3 is 0 Å². The summed E-state index contributed by atoms with van der Waals surface area (Å²) in [4.78, 5) is 13.2. The van der Waals surface area contributed by atoms with Crippen molar-refractivity contribution in [2.45, 2.75) is 31.3 Å². The van der Waals surface area contributed by atoms with Crippen LogP contribution in [0, 0.1) is 5.92 Å². The van der Waals surface area contributed by atoms with Crippen LogP contribution in [0.5, 0.6) is 0 Å². The number of nitrogens with zero attached hydrogens (tertiary/aromatic N) is 1. The van der Waals surface area contributed by atoms with Crippen LogP contribution in [0.4, 0.5) is 0 Å². The summed E-state index contributed by atoms with van der Waals surface area (Å²) in [6, 6.07) is 9.60. The number of amides is 1. The molecule has 2 saturated heterocycles. The van der Waals surface area contributed by atoms with Crippen LogP contribution in [0.25, 0.3) is 0 Å². The van der Waals surface area contributed by atoms with Gasteiger partial charge in [-0.15, -0.1) is 0 Å². The van der Waals surface area contributed by atoms with Crippen molar-refractivity contribution < 1.29 is 18.3 Å². The Hall–Kier alpha value is -1.48. The summed E-state index contributed by atoms with van der Waals surface area (Å²) in [5.74, 6) is -0.00641. The van der Waals surface area contributed by atoms with Gasteiger partial charge in [-0.1, -0.05) is 30.3 Å². The Bertz CT molecular complexity index is 745. The Morgan fingerprint density at radius 2 is 1.93 bits per heavy atom. The first-order valence-corrected chi connectivity index (χ1v) is 11.2. The number of sulfonamides is 1. The molecule has 0 bridgehead atoms. The minimum atomic E-state index is -3.25. The molecule has 0 aromatic heterocycles. The Labute approximate surface area is 161 Å². The highest BCUT2D eigenvalue weighted by molar-refractivity contribution is 7.89. The molecular formula is C19H29N3O4S. The lowest BCUT2D eigenvalue weighted by atomic mass is 9.72. The molecule has 1 aromatic rings. The van der Waals surface area contributed by atoms with Crippen molar-refractivity contribution in [3.63, 3.8) is 0 Å². The molecule has 2 unspecified atom stereocenters. The summed E-state index contributed by atoms with van der Waals surface area (Å²) >= 11 is 0. The van der Waals surface area contributed by atoms with Crippen LogP contribution in [-0.2, 0) is 20.2 Å². The molecule has 2 aliphatic heterocycles. The molecule has 2 heterocycles. The smallest absolute Gasteiger partial charge is 0.230 e. The lowest BCUT2D eigenvalue weighted by molar-refractivity contribution is -0.128. The monoisotopic (exact) mass is 395 g/mol. The zero-order chi connectivity index (χ0) is 19.5. The zero-order valence-electron chi connectivity index (χ0n) is 15.7. The van der Waals surface area contributed by atoms with E-state index in [9.17, 15) is 18.3 Å². The van der Waals surface area contributed by atoms with E-state index < -0.39 is 21.5 Å². The van der Waals surface area contributed by atoms with Gasteiger partial charge in [0.1, 0.15) is 0 Å². The standard InChI is InChI=1S/C19H29N3O4S/c1-2-27(25,26)22-10-8-19(9-11-22,16-6-4-3-5-7-16)18(24)21-13-15-12-20-14-17(15)23/h3-7,15,17,20,23H,2,8-14H2,1H3,(H,21,24). The summed E-state index contributed by atoms with van der Waals surface area (Å²) < 4.78 is 25.9. The van der Waals surface area contributed by atoms with Gasteiger partial charge in [0.05, 0.1) is 17.3 Å². The van der Waals surface area contributed by atoms with Gasteiger partial charge in [-0.05, 0) is 25.3 Å². The van der Waals surface area contributed by atoms with Crippen molar-refractivity contribution in [1.82, 2.24) is 14.9 Å². The SMILES string of the molecule is CCS(=O)(=O)N1CCC(C(=O)NCC2CNCC2O)(c2ccccc2)CC1. The number of rotatable bonds is 6. The van der Waals surface area contributed by atoms with E-state index in [2.05, 4.69) is 10.6 Å². The molecule has 8 heteroatoms. The molecule has 2 atom stereocenters. The molecule has 0 radical (unpaired) electrons. The van der Waals surface area contributed by atoms with E-state index >= 15 is 0 Å². The van der Waals surface area contributed by atoms with E-state index in [1.54, 1.807) is 6.92 Å². The lowest BCUT2D eigenvalue weighted by Gasteiger charge is -2.40. The maximum Gasteiger partial charge on any atom is 0.230 e. The van der Waals surface area contributed by atoms with E-state index in [4.69, 9.17) is 0 Å². The van der Waals surface area contributed by atoms with Crippen molar-refractivity contribution in [3.8, 4) is 0 Å². The van der Waals surface area contributed by atoms with Gasteiger partial charge in [-0.2, -0.15) is 0 Å².